The number of amides is 1. The predicted molar refractivity (Wildman–Crippen MR) is 95.1 cm³/mol. The standard InChI is InChI=1S/C17H24N6O3/c1-3-7-23-16(19-20-21-23)11-22(4-2)12-17(24)18-13-5-6-14-15(10-13)26-9-8-25-14/h5-6,10H,3-4,7-9,11-12H2,1-2H3,(H,18,24). The highest BCUT2D eigenvalue weighted by Gasteiger charge is 2.16. The fourth-order valence-corrected chi connectivity index (χ4v) is 2.73. The Hall–Kier alpha value is -2.68. The molecule has 9 nitrogen and oxygen atoms in total. The van der Waals surface area contributed by atoms with Crippen LogP contribution in [0.4, 0.5) is 5.69 Å². The number of anilines is 1. The Balaban J connectivity index is 1.58. The smallest absolute Gasteiger partial charge is 0.238 e. The van der Waals surface area contributed by atoms with Crippen molar-refractivity contribution in [3.05, 3.63) is 24.0 Å². The van der Waals surface area contributed by atoms with Crippen molar-refractivity contribution in [2.45, 2.75) is 33.4 Å². The lowest BCUT2D eigenvalue weighted by Crippen LogP contribution is -2.33. The molecule has 0 unspecified atom stereocenters. The lowest BCUT2D eigenvalue weighted by Gasteiger charge is -2.21. The van der Waals surface area contributed by atoms with Crippen LogP contribution in [0.25, 0.3) is 0 Å². The molecule has 0 fully saturated rings. The highest BCUT2D eigenvalue weighted by atomic mass is 16.6. The fraction of sp³-hybridized carbons (Fsp3) is 0.529. The zero-order valence-electron chi connectivity index (χ0n) is 15.1. The number of hydrogen-bond donors (Lipinski definition) is 1. The van der Waals surface area contributed by atoms with Gasteiger partial charge in [-0.1, -0.05) is 13.8 Å². The van der Waals surface area contributed by atoms with E-state index in [1.165, 1.54) is 0 Å². The number of nitrogens with zero attached hydrogens (tertiary/aromatic N) is 5. The summed E-state index contributed by atoms with van der Waals surface area (Å²) in [5.74, 6) is 2.02. The molecule has 0 spiro atoms. The van der Waals surface area contributed by atoms with Gasteiger partial charge in [-0.15, -0.1) is 5.10 Å². The van der Waals surface area contributed by atoms with Gasteiger partial charge in [0, 0.05) is 18.3 Å². The Bertz CT molecular complexity index is 748. The van der Waals surface area contributed by atoms with Crippen LogP contribution in [0.3, 0.4) is 0 Å². The summed E-state index contributed by atoms with van der Waals surface area (Å²) in [6.45, 7) is 7.40. The van der Waals surface area contributed by atoms with Crippen LogP contribution in [0, 0.1) is 0 Å². The summed E-state index contributed by atoms with van der Waals surface area (Å²) in [5.41, 5.74) is 0.686. The maximum Gasteiger partial charge on any atom is 0.238 e. The maximum atomic E-state index is 12.4. The third-order valence-corrected chi connectivity index (χ3v) is 4.05. The van der Waals surface area contributed by atoms with Crippen molar-refractivity contribution < 1.29 is 14.3 Å². The molecule has 1 aliphatic heterocycles. The van der Waals surface area contributed by atoms with Gasteiger partial charge in [0.2, 0.25) is 5.91 Å². The Morgan fingerprint density at radius 1 is 1.27 bits per heavy atom. The average molecular weight is 360 g/mol. The first-order valence-electron chi connectivity index (χ1n) is 8.86. The van der Waals surface area contributed by atoms with Crippen LogP contribution < -0.4 is 14.8 Å². The van der Waals surface area contributed by atoms with Gasteiger partial charge in [-0.05, 0) is 35.5 Å². The van der Waals surface area contributed by atoms with Gasteiger partial charge in [0.1, 0.15) is 13.2 Å². The van der Waals surface area contributed by atoms with Crippen molar-refractivity contribution in [2.75, 3.05) is 31.6 Å². The SMILES string of the molecule is CCCn1nnnc1CN(CC)CC(=O)Nc1ccc2c(c1)OCCO2. The van der Waals surface area contributed by atoms with Crippen LogP contribution in [-0.2, 0) is 17.9 Å². The molecule has 2 aromatic rings. The van der Waals surface area contributed by atoms with E-state index in [2.05, 4.69) is 27.8 Å². The van der Waals surface area contributed by atoms with Crippen molar-refractivity contribution in [2.24, 2.45) is 0 Å². The number of fused-ring (bicyclic) bond motifs is 1. The van der Waals surface area contributed by atoms with Crippen molar-refractivity contribution in [1.29, 1.82) is 0 Å². The molecule has 0 saturated carbocycles. The molecule has 1 amide bonds. The van der Waals surface area contributed by atoms with E-state index in [-0.39, 0.29) is 12.5 Å². The van der Waals surface area contributed by atoms with E-state index < -0.39 is 0 Å². The number of aromatic nitrogens is 4. The van der Waals surface area contributed by atoms with Crippen LogP contribution in [-0.4, -0.2) is 57.3 Å². The molecule has 0 aliphatic carbocycles. The minimum Gasteiger partial charge on any atom is -0.486 e. The summed E-state index contributed by atoms with van der Waals surface area (Å²) in [7, 11) is 0. The van der Waals surface area contributed by atoms with Gasteiger partial charge < -0.3 is 14.8 Å². The van der Waals surface area contributed by atoms with E-state index in [9.17, 15) is 4.79 Å². The third kappa shape index (κ3) is 4.48. The van der Waals surface area contributed by atoms with Crippen LogP contribution in [0.15, 0.2) is 18.2 Å². The molecule has 3 rings (SSSR count). The Morgan fingerprint density at radius 3 is 2.85 bits per heavy atom. The van der Waals surface area contributed by atoms with Crippen LogP contribution in [0.1, 0.15) is 26.1 Å². The molecule has 0 atom stereocenters. The molecule has 1 N–H and O–H groups in total. The summed E-state index contributed by atoms with van der Waals surface area (Å²) in [4.78, 5) is 14.4. The molecule has 0 radical (unpaired) electrons. The Kier molecular flexibility index (Phi) is 6.00. The third-order valence-electron chi connectivity index (χ3n) is 4.05. The Labute approximate surface area is 152 Å². The molecule has 2 heterocycles. The molecular weight excluding hydrogens is 336 g/mol. The van der Waals surface area contributed by atoms with Gasteiger partial charge in [-0.25, -0.2) is 4.68 Å². The number of carbonyl (C=O) groups is 1. The highest BCUT2D eigenvalue weighted by molar-refractivity contribution is 5.92. The second-order valence-electron chi connectivity index (χ2n) is 6.03. The molecule has 26 heavy (non-hydrogen) atoms. The first-order chi connectivity index (χ1) is 12.7. The maximum absolute atomic E-state index is 12.4. The first kappa shape index (κ1) is 18.1. The molecule has 9 heteroatoms. The fourth-order valence-electron chi connectivity index (χ4n) is 2.73. The normalized spacial score (nSPS) is 13.0. The van der Waals surface area contributed by atoms with E-state index in [0.29, 0.717) is 43.5 Å². The molecule has 1 aromatic carbocycles. The van der Waals surface area contributed by atoms with Crippen molar-refractivity contribution in [3.8, 4) is 11.5 Å². The summed E-state index contributed by atoms with van der Waals surface area (Å²) in [5, 5.41) is 14.7. The van der Waals surface area contributed by atoms with E-state index in [1.54, 1.807) is 16.8 Å². The zero-order chi connectivity index (χ0) is 18.4. The van der Waals surface area contributed by atoms with E-state index in [4.69, 9.17) is 9.47 Å². The summed E-state index contributed by atoms with van der Waals surface area (Å²) in [6.07, 6.45) is 0.953. The summed E-state index contributed by atoms with van der Waals surface area (Å²) < 4.78 is 12.8. The molecule has 1 aliphatic rings. The van der Waals surface area contributed by atoms with Gasteiger partial charge in [0.25, 0.3) is 0 Å². The van der Waals surface area contributed by atoms with Crippen molar-refractivity contribution in [3.63, 3.8) is 0 Å². The van der Waals surface area contributed by atoms with Gasteiger partial charge in [-0.3, -0.25) is 9.69 Å². The number of ether oxygens (including phenoxy) is 2. The van der Waals surface area contributed by atoms with Gasteiger partial charge in [0.05, 0.1) is 13.1 Å². The molecule has 0 saturated heterocycles. The summed E-state index contributed by atoms with van der Waals surface area (Å²) >= 11 is 0. The zero-order valence-corrected chi connectivity index (χ0v) is 15.1. The lowest BCUT2D eigenvalue weighted by molar-refractivity contribution is -0.117. The number of benzene rings is 1. The minimum absolute atomic E-state index is 0.0990. The Morgan fingerprint density at radius 2 is 2.08 bits per heavy atom. The second-order valence-corrected chi connectivity index (χ2v) is 6.03. The van der Waals surface area contributed by atoms with Crippen molar-refractivity contribution >= 4 is 11.6 Å². The van der Waals surface area contributed by atoms with Crippen LogP contribution in [0.5, 0.6) is 11.5 Å². The number of aryl methyl sites for hydroxylation is 1. The number of rotatable bonds is 8. The minimum atomic E-state index is -0.0990. The van der Waals surface area contributed by atoms with Gasteiger partial charge >= 0.3 is 0 Å². The average Bonchev–Trinajstić information content (AvgIpc) is 3.08. The predicted octanol–water partition coefficient (Wildman–Crippen LogP) is 1.31. The monoisotopic (exact) mass is 360 g/mol. The van der Waals surface area contributed by atoms with E-state index in [0.717, 1.165) is 18.8 Å². The summed E-state index contributed by atoms with van der Waals surface area (Å²) in [6, 6.07) is 5.40. The second kappa shape index (κ2) is 8.61. The van der Waals surface area contributed by atoms with Crippen LogP contribution >= 0.6 is 0 Å². The number of likely N-dealkylation sites (N-methyl/N-ethyl adjacent to an activating group) is 1. The molecule has 1 aromatic heterocycles. The molecular formula is C17H24N6O3. The molecule has 140 valence electrons. The number of nitrogens with one attached hydrogen (secondary N) is 1. The van der Waals surface area contributed by atoms with Crippen LogP contribution in [0.2, 0.25) is 0 Å². The number of hydrogen-bond acceptors (Lipinski definition) is 7. The topological polar surface area (TPSA) is 94.4 Å². The quantitative estimate of drug-likeness (QED) is 0.758. The first-order valence-corrected chi connectivity index (χ1v) is 8.86. The van der Waals surface area contributed by atoms with Gasteiger partial charge in [-0.2, -0.15) is 0 Å². The number of carbonyl (C=O) groups excluding carboxylic acids is 1. The largest absolute Gasteiger partial charge is 0.486 e. The lowest BCUT2D eigenvalue weighted by atomic mass is 10.2. The number of tetrazole rings is 1. The van der Waals surface area contributed by atoms with Crippen molar-refractivity contribution in [1.82, 2.24) is 25.1 Å². The van der Waals surface area contributed by atoms with E-state index >= 15 is 0 Å². The highest BCUT2D eigenvalue weighted by Crippen LogP contribution is 2.32. The van der Waals surface area contributed by atoms with E-state index in [1.807, 2.05) is 17.9 Å². The molecule has 0 bridgehead atoms. The van der Waals surface area contributed by atoms with Gasteiger partial charge in [0.15, 0.2) is 17.3 Å².